The van der Waals surface area contributed by atoms with E-state index >= 15 is 0 Å². The third-order valence-corrected chi connectivity index (χ3v) is 17.8. The predicted molar refractivity (Wildman–Crippen MR) is 365 cm³/mol. The number of ether oxygens (including phenoxy) is 1. The minimum absolute atomic E-state index is 0.148. The predicted octanol–water partition coefficient (Wildman–Crippen LogP) is 21.5. The second-order valence-corrected chi connectivity index (χ2v) is 24.1. The van der Waals surface area contributed by atoms with Crippen LogP contribution in [-0.2, 0) is 24.8 Å². The fraction of sp³-hybridized carbons (Fsp3) is 0.0488. The number of benzene rings is 12. The van der Waals surface area contributed by atoms with Crippen molar-refractivity contribution in [1.29, 1.82) is 0 Å². The normalized spacial score (nSPS) is 13.4. The van der Waals surface area contributed by atoms with Gasteiger partial charge in [0.15, 0.2) is 0 Å². The van der Waals surface area contributed by atoms with E-state index < -0.39 is 60.4 Å². The summed E-state index contributed by atoms with van der Waals surface area (Å²) in [6, 6.07) is 73.9. The molecule has 428 valence electrons. The van der Waals surface area contributed by atoms with Gasteiger partial charge in [0, 0.05) is 6.20 Å². The summed E-state index contributed by atoms with van der Waals surface area (Å²) < 4.78 is 108. The number of para-hydroxylation sites is 4. The van der Waals surface area contributed by atoms with Crippen molar-refractivity contribution < 1.29 is 37.8 Å². The molecule has 0 aliphatic heterocycles. The summed E-state index contributed by atoms with van der Waals surface area (Å²) in [6.07, 6.45) is 1.88. The molecular formula is C82H59N5OPt. The van der Waals surface area contributed by atoms with Crippen molar-refractivity contribution in [3.63, 3.8) is 0 Å². The van der Waals surface area contributed by atoms with Gasteiger partial charge in [-0.3, -0.25) is 0 Å². The molecule has 0 unspecified atom stereocenters. The van der Waals surface area contributed by atoms with E-state index in [9.17, 15) is 5.48 Å². The van der Waals surface area contributed by atoms with Gasteiger partial charge in [-0.15, -0.1) is 0 Å². The Morgan fingerprint density at radius 3 is 1.53 bits per heavy atom. The Bertz CT molecular complexity index is 5850. The van der Waals surface area contributed by atoms with Crippen molar-refractivity contribution in [2.24, 2.45) is 0 Å². The molecule has 16 rings (SSSR count). The van der Waals surface area contributed by atoms with Gasteiger partial charge in [0.1, 0.15) is 0 Å². The second kappa shape index (κ2) is 21.9. The van der Waals surface area contributed by atoms with Crippen LogP contribution >= 0.6 is 0 Å². The van der Waals surface area contributed by atoms with Crippen LogP contribution < -0.4 is 4.74 Å². The molecule has 0 aliphatic carbocycles. The Balaban J connectivity index is 0.898. The number of pyridine rings is 1. The summed E-state index contributed by atoms with van der Waals surface area (Å²) in [5, 5.41) is 3.87. The number of aromatic nitrogens is 5. The molecule has 0 atom stereocenters. The average Bonchev–Trinajstić information content (AvgIpc) is 1.66. The fourth-order valence-electron chi connectivity index (χ4n) is 12.8. The Labute approximate surface area is 541 Å². The molecule has 4 heterocycles. The van der Waals surface area contributed by atoms with Gasteiger partial charge in [-0.2, -0.15) is 0 Å². The maximum absolute atomic E-state index is 9.66. The molecule has 0 radical (unpaired) electrons. The van der Waals surface area contributed by atoms with Gasteiger partial charge in [-0.1, -0.05) is 106 Å². The summed E-state index contributed by atoms with van der Waals surface area (Å²) >= 11 is 2.22. The van der Waals surface area contributed by atoms with Crippen molar-refractivity contribution in [2.75, 3.05) is 0 Å². The van der Waals surface area contributed by atoms with Gasteiger partial charge in [0.2, 0.25) is 0 Å². The van der Waals surface area contributed by atoms with E-state index in [1.807, 2.05) is 135 Å². The Morgan fingerprint density at radius 1 is 0.371 bits per heavy atom. The molecule has 0 spiro atoms. The quantitative estimate of drug-likeness (QED) is 0.130. The number of rotatable bonds is 11. The molecular weight excluding hydrogens is 1270 g/mol. The third-order valence-electron chi connectivity index (χ3n) is 16.8. The molecule has 4 aromatic heterocycles. The number of nitrogens with zero attached hydrogens (tertiary/aromatic N) is 5. The van der Waals surface area contributed by atoms with Crippen LogP contribution in [0.3, 0.4) is 0 Å². The minimum atomic E-state index is -0.584. The summed E-state index contributed by atoms with van der Waals surface area (Å²) in [5.74, 6) is 1.83. The summed E-state index contributed by atoms with van der Waals surface area (Å²) in [6.45, 7) is 6.60. The number of imidazole rings is 1. The first kappa shape index (κ1) is 43.9. The van der Waals surface area contributed by atoms with Crippen molar-refractivity contribution in [1.82, 2.24) is 23.3 Å². The molecule has 12 aromatic carbocycles. The van der Waals surface area contributed by atoms with Crippen LogP contribution in [0.1, 0.15) is 40.0 Å². The summed E-state index contributed by atoms with van der Waals surface area (Å²) in [4.78, 5) is 5.05. The molecule has 89 heavy (non-hydrogen) atoms. The summed E-state index contributed by atoms with van der Waals surface area (Å²) in [5.41, 5.74) is 13.6. The standard InChI is InChI=1S/C82H59N5O.Pt/c1-82(2,3)60-46-47-83-79(49-60)87-75-45-42-59(80-65(55-24-8-4-9-25-55)36-23-37-66(80)56-26-10-5-11-27-56)48-72(75)69-44-43-64(53-78(69)87)88-63-33-22-32-61(50-63)84-54-85(77-41-21-20-40-76(77)84)81-70(57-28-12-6-13-29-57)51-62(52-71(81)58-30-14-7-15-31-58)86-73-38-18-16-34-67(73)68-35-17-19-39-74(68)86;/h4-53H,1-3H3;/i6D,7D,12D,13D,14D,15D,28D,29D,30D,31D;. The van der Waals surface area contributed by atoms with Gasteiger partial charge >= 0.3 is 382 Å². The molecule has 0 saturated heterocycles. The summed E-state index contributed by atoms with van der Waals surface area (Å²) in [7, 11) is 0. The Kier molecular flexibility index (Phi) is 10.8. The van der Waals surface area contributed by atoms with Crippen LogP contribution in [0.4, 0.5) is 0 Å². The van der Waals surface area contributed by atoms with E-state index in [4.69, 9.17) is 17.9 Å². The van der Waals surface area contributed by atoms with E-state index in [1.54, 1.807) is 12.1 Å². The zero-order valence-electron chi connectivity index (χ0n) is 58.6. The number of hydrogen-bond donors (Lipinski definition) is 0. The Morgan fingerprint density at radius 2 is 0.910 bits per heavy atom. The van der Waals surface area contributed by atoms with Crippen LogP contribution in [-0.4, -0.2) is 23.3 Å². The molecule has 0 bridgehead atoms. The van der Waals surface area contributed by atoms with Crippen molar-refractivity contribution >= 4 is 54.6 Å². The van der Waals surface area contributed by atoms with Gasteiger partial charge in [0.25, 0.3) is 0 Å². The van der Waals surface area contributed by atoms with Gasteiger partial charge in [-0.25, -0.2) is 0 Å². The molecule has 16 aromatic rings. The van der Waals surface area contributed by atoms with Crippen molar-refractivity contribution in [2.45, 2.75) is 26.2 Å². The van der Waals surface area contributed by atoms with Crippen LogP contribution in [0.25, 0.3) is 133 Å². The number of fused-ring (bicyclic) bond motifs is 7. The van der Waals surface area contributed by atoms with Gasteiger partial charge in [0.05, 0.1) is 0 Å². The zero-order chi connectivity index (χ0) is 68.4. The SMILES string of the molecule is [2H]c1c([2H])c([2H])c(-c2cc(-n3c4ccccc4c4ccccc43)cc(-c3c([2H])c([2H])c([2H])c([2H])c3[2H])c2-n2[c](=[Pt])n(-c3cccc(Oc4ccc5c6cc(-c7c(-c8ccccc8)cccc7-c7ccccc7)ccc6n(-c6cc(C(C)(C)C)ccn6)c5c4)c3)c3ccccc32)c([2H])c1[2H]. The first-order valence-corrected chi connectivity index (χ1v) is 30.6. The van der Waals surface area contributed by atoms with Crippen LogP contribution in [0, 0.1) is 3.80 Å². The van der Waals surface area contributed by atoms with Crippen molar-refractivity contribution in [3.05, 3.63) is 313 Å². The average molecular weight is 1340 g/mol. The van der Waals surface area contributed by atoms with E-state index in [0.717, 1.165) is 88.4 Å². The number of hydrogen-bond acceptors (Lipinski definition) is 2. The molecule has 0 saturated carbocycles. The monoisotopic (exact) mass is 1330 g/mol. The van der Waals surface area contributed by atoms with Gasteiger partial charge < -0.3 is 0 Å². The fourth-order valence-corrected chi connectivity index (χ4v) is 13.9. The molecule has 0 fully saturated rings. The molecule has 6 nitrogen and oxygen atoms in total. The zero-order valence-corrected chi connectivity index (χ0v) is 50.8. The topological polar surface area (TPSA) is 41.8 Å². The van der Waals surface area contributed by atoms with E-state index in [-0.39, 0.29) is 33.4 Å². The molecule has 0 aliphatic rings. The van der Waals surface area contributed by atoms with Crippen molar-refractivity contribution in [3.8, 4) is 90.0 Å². The second-order valence-electron chi connectivity index (χ2n) is 23.1. The van der Waals surface area contributed by atoms with Crippen LogP contribution in [0.5, 0.6) is 11.5 Å². The van der Waals surface area contributed by atoms with E-state index in [2.05, 4.69) is 154 Å². The first-order valence-electron chi connectivity index (χ1n) is 34.4. The Hall–Kier alpha value is -10.7. The van der Waals surface area contributed by atoms with Gasteiger partial charge in [-0.05, 0) is 50.4 Å². The molecule has 0 N–H and O–H groups in total. The first-order chi connectivity index (χ1) is 47.9. The molecule has 7 heteroatoms. The van der Waals surface area contributed by atoms with Crippen LogP contribution in [0.15, 0.2) is 303 Å². The van der Waals surface area contributed by atoms with Crippen LogP contribution in [0.2, 0.25) is 0 Å². The third kappa shape index (κ3) is 9.38. The maximum atomic E-state index is 9.66. The van der Waals surface area contributed by atoms with E-state index in [0.29, 0.717) is 37.7 Å². The molecule has 0 amide bonds. The van der Waals surface area contributed by atoms with E-state index in [1.165, 1.54) is 0 Å².